The maximum absolute atomic E-state index is 11.5. The van der Waals surface area contributed by atoms with E-state index >= 15 is 0 Å². The number of aromatic carboxylic acids is 1. The van der Waals surface area contributed by atoms with E-state index in [9.17, 15) is 9.90 Å². The van der Waals surface area contributed by atoms with Crippen molar-refractivity contribution in [3.63, 3.8) is 0 Å². The number of carboxylic acids is 1. The van der Waals surface area contributed by atoms with Gasteiger partial charge in [-0.15, -0.1) is 0 Å². The molecule has 2 atom stereocenters. The standard InChI is InChI=1S/C24H26N4O3S/c1-15-13-19(16(2)28(15)18-8-6-7-17(14-18)23(29)30)22-21(20-9-4-5-10-25-20)26-24(32)27(22)11-12-31-3/h4-10,13-14,21-22H,11-12H2,1-3H3,(H,26,32)(H,29,30)/t21-,22+/m1/s1. The molecule has 1 aliphatic rings. The molecule has 8 heteroatoms. The largest absolute Gasteiger partial charge is 0.478 e. The number of rotatable bonds is 7. The van der Waals surface area contributed by atoms with Gasteiger partial charge in [0.2, 0.25) is 0 Å². The van der Waals surface area contributed by atoms with Crippen LogP contribution in [0.5, 0.6) is 0 Å². The summed E-state index contributed by atoms with van der Waals surface area (Å²) in [5.41, 5.74) is 5.15. The minimum atomic E-state index is -0.944. The first-order chi connectivity index (χ1) is 15.4. The number of thiocarbonyl (C=S) groups is 1. The highest BCUT2D eigenvalue weighted by molar-refractivity contribution is 7.80. The van der Waals surface area contributed by atoms with Crippen LogP contribution >= 0.6 is 12.2 Å². The molecule has 2 aromatic heterocycles. The molecule has 4 rings (SSSR count). The predicted molar refractivity (Wildman–Crippen MR) is 126 cm³/mol. The van der Waals surface area contributed by atoms with Crippen LogP contribution in [0.3, 0.4) is 0 Å². The van der Waals surface area contributed by atoms with Gasteiger partial charge in [0.25, 0.3) is 0 Å². The molecule has 0 radical (unpaired) electrons. The van der Waals surface area contributed by atoms with E-state index in [1.165, 1.54) is 0 Å². The topological polar surface area (TPSA) is 79.6 Å². The molecule has 0 amide bonds. The van der Waals surface area contributed by atoms with Crippen LogP contribution in [0.4, 0.5) is 0 Å². The molecule has 1 saturated heterocycles. The summed E-state index contributed by atoms with van der Waals surface area (Å²) in [7, 11) is 1.68. The molecule has 32 heavy (non-hydrogen) atoms. The lowest BCUT2D eigenvalue weighted by Gasteiger charge is -2.28. The van der Waals surface area contributed by atoms with E-state index in [2.05, 4.69) is 32.8 Å². The van der Waals surface area contributed by atoms with Crippen LogP contribution in [0, 0.1) is 13.8 Å². The zero-order valence-corrected chi connectivity index (χ0v) is 19.1. The quantitative estimate of drug-likeness (QED) is 0.530. The predicted octanol–water partition coefficient (Wildman–Crippen LogP) is 3.81. The van der Waals surface area contributed by atoms with Gasteiger partial charge in [-0.3, -0.25) is 4.98 Å². The lowest BCUT2D eigenvalue weighted by Crippen LogP contribution is -2.32. The normalized spacial score (nSPS) is 18.1. The fourth-order valence-corrected chi connectivity index (χ4v) is 4.77. The van der Waals surface area contributed by atoms with Crippen LogP contribution in [-0.4, -0.2) is 50.9 Å². The summed E-state index contributed by atoms with van der Waals surface area (Å²) in [6.07, 6.45) is 1.79. The third kappa shape index (κ3) is 3.99. The Balaban J connectivity index is 1.82. The summed E-state index contributed by atoms with van der Waals surface area (Å²) in [6.45, 7) is 5.28. The third-order valence-corrected chi connectivity index (χ3v) is 6.23. The highest BCUT2D eigenvalue weighted by Crippen LogP contribution is 2.41. The van der Waals surface area contributed by atoms with Crippen molar-refractivity contribution in [2.24, 2.45) is 0 Å². The fourth-order valence-electron chi connectivity index (χ4n) is 4.44. The molecular formula is C24H26N4O3S. The van der Waals surface area contributed by atoms with E-state index in [4.69, 9.17) is 17.0 Å². The summed E-state index contributed by atoms with van der Waals surface area (Å²) in [5.74, 6) is -0.944. The van der Waals surface area contributed by atoms with Crippen molar-refractivity contribution < 1.29 is 14.6 Å². The van der Waals surface area contributed by atoms with E-state index < -0.39 is 5.97 Å². The molecule has 1 fully saturated rings. The highest BCUT2D eigenvalue weighted by Gasteiger charge is 2.41. The Morgan fingerprint density at radius 3 is 2.72 bits per heavy atom. The Morgan fingerprint density at radius 2 is 2.03 bits per heavy atom. The SMILES string of the molecule is COCCN1C(=S)N[C@H](c2ccccn2)[C@@H]1c1cc(C)n(-c2cccc(C(=O)O)c2)c1C. The van der Waals surface area contributed by atoms with Crippen molar-refractivity contribution in [2.45, 2.75) is 25.9 Å². The van der Waals surface area contributed by atoms with Gasteiger partial charge in [-0.05, 0) is 68.0 Å². The Labute approximate surface area is 192 Å². The molecule has 3 aromatic rings. The fraction of sp³-hybridized carbons (Fsp3) is 0.292. The number of carboxylic acid groups (broad SMARTS) is 1. The van der Waals surface area contributed by atoms with Gasteiger partial charge in [0.05, 0.1) is 29.9 Å². The second-order valence-corrected chi connectivity index (χ2v) is 8.22. The van der Waals surface area contributed by atoms with Crippen LogP contribution in [-0.2, 0) is 4.74 Å². The summed E-state index contributed by atoms with van der Waals surface area (Å²) >= 11 is 5.69. The number of benzene rings is 1. The van der Waals surface area contributed by atoms with Gasteiger partial charge in [0.1, 0.15) is 0 Å². The molecule has 3 heterocycles. The van der Waals surface area contributed by atoms with Crippen LogP contribution in [0.15, 0.2) is 54.7 Å². The number of nitrogens with zero attached hydrogens (tertiary/aromatic N) is 3. The Kier molecular flexibility index (Phi) is 6.25. The number of hydrogen-bond donors (Lipinski definition) is 2. The molecule has 2 N–H and O–H groups in total. The lowest BCUT2D eigenvalue weighted by molar-refractivity contribution is 0.0697. The molecule has 0 aliphatic carbocycles. The van der Waals surface area contributed by atoms with Gasteiger partial charge in [-0.2, -0.15) is 0 Å². The summed E-state index contributed by atoms with van der Waals surface area (Å²) < 4.78 is 7.43. The van der Waals surface area contributed by atoms with Crippen LogP contribution in [0.2, 0.25) is 0 Å². The van der Waals surface area contributed by atoms with Crippen LogP contribution in [0.25, 0.3) is 5.69 Å². The zero-order chi connectivity index (χ0) is 22.8. The minimum absolute atomic E-state index is 0.0739. The van der Waals surface area contributed by atoms with E-state index in [1.807, 2.05) is 31.2 Å². The molecule has 7 nitrogen and oxygen atoms in total. The Hall–Kier alpha value is -3.23. The molecule has 166 valence electrons. The maximum atomic E-state index is 11.5. The van der Waals surface area contributed by atoms with E-state index in [0.29, 0.717) is 18.3 Å². The third-order valence-electron chi connectivity index (χ3n) is 5.87. The van der Waals surface area contributed by atoms with Gasteiger partial charge in [0.15, 0.2) is 5.11 Å². The molecule has 0 spiro atoms. The van der Waals surface area contributed by atoms with E-state index in [1.54, 1.807) is 31.5 Å². The second-order valence-electron chi connectivity index (χ2n) is 7.83. The van der Waals surface area contributed by atoms with Crippen LogP contribution in [0.1, 0.15) is 45.1 Å². The lowest BCUT2D eigenvalue weighted by atomic mass is 9.97. The molecular weight excluding hydrogens is 424 g/mol. The van der Waals surface area contributed by atoms with Gasteiger partial charge >= 0.3 is 5.97 Å². The van der Waals surface area contributed by atoms with Gasteiger partial charge in [-0.25, -0.2) is 4.79 Å². The monoisotopic (exact) mass is 450 g/mol. The molecule has 1 aliphatic heterocycles. The highest BCUT2D eigenvalue weighted by atomic mass is 32.1. The molecule has 0 unspecified atom stereocenters. The van der Waals surface area contributed by atoms with E-state index in [0.717, 1.165) is 28.3 Å². The number of aryl methyl sites for hydroxylation is 1. The number of hydrogen-bond acceptors (Lipinski definition) is 4. The second kappa shape index (κ2) is 9.10. The van der Waals surface area contributed by atoms with E-state index in [-0.39, 0.29) is 17.6 Å². The zero-order valence-electron chi connectivity index (χ0n) is 18.3. The number of aromatic nitrogens is 2. The van der Waals surface area contributed by atoms with Crippen molar-refractivity contribution in [3.05, 3.63) is 82.9 Å². The number of methoxy groups -OCH3 is 1. The van der Waals surface area contributed by atoms with Gasteiger partial charge < -0.3 is 24.6 Å². The van der Waals surface area contributed by atoms with Crippen molar-refractivity contribution in [3.8, 4) is 5.69 Å². The number of nitrogens with one attached hydrogen (secondary N) is 1. The maximum Gasteiger partial charge on any atom is 0.335 e. The average molecular weight is 451 g/mol. The Bertz CT molecular complexity index is 1150. The molecule has 0 saturated carbocycles. The number of carbonyl (C=O) groups is 1. The first kappa shape index (κ1) is 22.0. The van der Waals surface area contributed by atoms with Crippen LogP contribution < -0.4 is 5.32 Å². The summed E-state index contributed by atoms with van der Waals surface area (Å²) in [4.78, 5) is 18.2. The smallest absolute Gasteiger partial charge is 0.335 e. The average Bonchev–Trinajstić information content (AvgIpc) is 3.27. The van der Waals surface area contributed by atoms with Crippen molar-refractivity contribution >= 4 is 23.3 Å². The minimum Gasteiger partial charge on any atom is -0.478 e. The first-order valence-corrected chi connectivity index (χ1v) is 10.8. The molecule has 1 aromatic carbocycles. The van der Waals surface area contributed by atoms with Gasteiger partial charge in [0, 0.05) is 36.9 Å². The number of ether oxygens (including phenoxy) is 1. The van der Waals surface area contributed by atoms with Crippen molar-refractivity contribution in [1.29, 1.82) is 0 Å². The number of pyridine rings is 1. The molecule has 0 bridgehead atoms. The summed E-state index contributed by atoms with van der Waals surface area (Å²) in [6, 6.07) is 14.8. The Morgan fingerprint density at radius 1 is 1.22 bits per heavy atom. The van der Waals surface area contributed by atoms with Crippen molar-refractivity contribution in [2.75, 3.05) is 20.3 Å². The van der Waals surface area contributed by atoms with Crippen molar-refractivity contribution in [1.82, 2.24) is 19.8 Å². The first-order valence-electron chi connectivity index (χ1n) is 10.4. The summed E-state index contributed by atoms with van der Waals surface area (Å²) in [5, 5.41) is 13.5. The van der Waals surface area contributed by atoms with Gasteiger partial charge in [-0.1, -0.05) is 12.1 Å².